The fourth-order valence-corrected chi connectivity index (χ4v) is 1.77. The molecule has 14 heavy (non-hydrogen) atoms. The minimum absolute atomic E-state index is 0.651. The molecule has 0 atom stereocenters. The number of aryl methyl sites for hydroxylation is 1. The molecule has 3 heteroatoms. The van der Waals surface area contributed by atoms with Gasteiger partial charge in [-0.2, -0.15) is 0 Å². The summed E-state index contributed by atoms with van der Waals surface area (Å²) in [5.41, 5.74) is 1.15. The monoisotopic (exact) mass is 231 g/mol. The Morgan fingerprint density at radius 3 is 2.71 bits per heavy atom. The summed E-state index contributed by atoms with van der Waals surface area (Å²) in [5.74, 6) is 0. The predicted molar refractivity (Wildman–Crippen MR) is 63.3 cm³/mol. The van der Waals surface area contributed by atoms with Crippen LogP contribution in [0.3, 0.4) is 0 Å². The van der Waals surface area contributed by atoms with Gasteiger partial charge >= 0.3 is 0 Å². The molecule has 0 spiro atoms. The van der Waals surface area contributed by atoms with Crippen LogP contribution in [0.5, 0.6) is 0 Å². The molecule has 0 fully saturated rings. The Morgan fingerprint density at radius 1 is 1.21 bits per heavy atom. The van der Waals surface area contributed by atoms with Crippen molar-refractivity contribution in [3.05, 3.63) is 33.8 Å². The zero-order valence-corrected chi connectivity index (χ0v) is 9.83. The largest absolute Gasteiger partial charge is 0.320 e. The summed E-state index contributed by atoms with van der Waals surface area (Å²) in [7, 11) is 1.96. The van der Waals surface area contributed by atoms with E-state index >= 15 is 0 Å². The SMILES string of the molecule is CNCCCCc1cccc(Cl)c1Cl. The van der Waals surface area contributed by atoms with E-state index in [2.05, 4.69) is 5.32 Å². The van der Waals surface area contributed by atoms with Gasteiger partial charge in [-0.05, 0) is 44.5 Å². The van der Waals surface area contributed by atoms with Crippen molar-refractivity contribution in [1.82, 2.24) is 5.32 Å². The van der Waals surface area contributed by atoms with Gasteiger partial charge in [0.05, 0.1) is 10.0 Å². The van der Waals surface area contributed by atoms with Gasteiger partial charge in [0.25, 0.3) is 0 Å². The van der Waals surface area contributed by atoms with E-state index < -0.39 is 0 Å². The summed E-state index contributed by atoms with van der Waals surface area (Å²) in [5, 5.41) is 4.48. The highest BCUT2D eigenvalue weighted by Gasteiger charge is 2.03. The van der Waals surface area contributed by atoms with E-state index in [1.807, 2.05) is 25.2 Å². The molecule has 1 aromatic rings. The maximum absolute atomic E-state index is 6.06. The molecule has 0 heterocycles. The zero-order chi connectivity index (χ0) is 10.4. The van der Waals surface area contributed by atoms with E-state index in [9.17, 15) is 0 Å². The maximum atomic E-state index is 6.06. The third-order valence-corrected chi connectivity index (χ3v) is 3.01. The van der Waals surface area contributed by atoms with Crippen LogP contribution in [-0.4, -0.2) is 13.6 Å². The molecule has 0 aliphatic heterocycles. The van der Waals surface area contributed by atoms with Gasteiger partial charge in [-0.25, -0.2) is 0 Å². The Bertz CT molecular complexity index is 287. The lowest BCUT2D eigenvalue weighted by Crippen LogP contribution is -2.07. The highest BCUT2D eigenvalue weighted by Crippen LogP contribution is 2.26. The highest BCUT2D eigenvalue weighted by atomic mass is 35.5. The molecule has 0 bridgehead atoms. The van der Waals surface area contributed by atoms with E-state index in [0.717, 1.165) is 24.9 Å². The zero-order valence-electron chi connectivity index (χ0n) is 8.32. The van der Waals surface area contributed by atoms with E-state index in [1.54, 1.807) is 0 Å². The second-order valence-electron chi connectivity index (χ2n) is 3.27. The number of halogens is 2. The Hall–Kier alpha value is -0.240. The van der Waals surface area contributed by atoms with Gasteiger partial charge in [0, 0.05) is 0 Å². The van der Waals surface area contributed by atoms with Crippen LogP contribution < -0.4 is 5.32 Å². The molecular formula is C11H15Cl2N. The van der Waals surface area contributed by atoms with Crippen LogP contribution in [0.4, 0.5) is 0 Å². The van der Waals surface area contributed by atoms with Crippen LogP contribution in [-0.2, 0) is 6.42 Å². The lowest BCUT2D eigenvalue weighted by atomic mass is 10.1. The molecule has 0 aliphatic carbocycles. The molecule has 0 radical (unpaired) electrons. The van der Waals surface area contributed by atoms with Gasteiger partial charge in [-0.15, -0.1) is 0 Å². The van der Waals surface area contributed by atoms with Crippen molar-refractivity contribution >= 4 is 23.2 Å². The Labute approximate surface area is 95.4 Å². The van der Waals surface area contributed by atoms with E-state index in [1.165, 1.54) is 6.42 Å². The van der Waals surface area contributed by atoms with Crippen LogP contribution in [0, 0.1) is 0 Å². The van der Waals surface area contributed by atoms with Crippen LogP contribution >= 0.6 is 23.2 Å². The van der Waals surface area contributed by atoms with E-state index in [4.69, 9.17) is 23.2 Å². The van der Waals surface area contributed by atoms with Crippen molar-refractivity contribution in [2.45, 2.75) is 19.3 Å². The molecule has 0 saturated carbocycles. The summed E-state index contributed by atoms with van der Waals surface area (Å²) < 4.78 is 0. The summed E-state index contributed by atoms with van der Waals surface area (Å²) in [4.78, 5) is 0. The second kappa shape index (κ2) is 6.28. The third-order valence-electron chi connectivity index (χ3n) is 2.15. The van der Waals surface area contributed by atoms with Crippen molar-refractivity contribution in [2.75, 3.05) is 13.6 Å². The van der Waals surface area contributed by atoms with Crippen molar-refractivity contribution < 1.29 is 0 Å². The topological polar surface area (TPSA) is 12.0 Å². The number of unbranched alkanes of at least 4 members (excludes halogenated alkanes) is 1. The molecule has 0 unspecified atom stereocenters. The van der Waals surface area contributed by atoms with Crippen LogP contribution in [0.15, 0.2) is 18.2 Å². The first kappa shape index (κ1) is 11.8. The number of rotatable bonds is 5. The smallest absolute Gasteiger partial charge is 0.0624 e. The van der Waals surface area contributed by atoms with Gasteiger partial charge in [-0.3, -0.25) is 0 Å². The molecule has 0 amide bonds. The van der Waals surface area contributed by atoms with Crippen LogP contribution in [0.25, 0.3) is 0 Å². The molecule has 0 aliphatic rings. The van der Waals surface area contributed by atoms with E-state index in [-0.39, 0.29) is 0 Å². The number of benzene rings is 1. The molecule has 0 saturated heterocycles. The molecule has 78 valence electrons. The average molecular weight is 232 g/mol. The molecule has 1 N–H and O–H groups in total. The molecule has 0 aromatic heterocycles. The summed E-state index contributed by atoms with van der Waals surface area (Å²) in [6.07, 6.45) is 3.31. The summed E-state index contributed by atoms with van der Waals surface area (Å²) in [6.45, 7) is 1.05. The quantitative estimate of drug-likeness (QED) is 0.765. The first-order valence-corrected chi connectivity index (χ1v) is 5.59. The van der Waals surface area contributed by atoms with E-state index in [0.29, 0.717) is 10.0 Å². The van der Waals surface area contributed by atoms with Crippen molar-refractivity contribution in [2.24, 2.45) is 0 Å². The van der Waals surface area contributed by atoms with Crippen molar-refractivity contribution in [1.29, 1.82) is 0 Å². The number of hydrogen-bond acceptors (Lipinski definition) is 1. The second-order valence-corrected chi connectivity index (χ2v) is 4.06. The highest BCUT2D eigenvalue weighted by molar-refractivity contribution is 6.42. The fraction of sp³-hybridized carbons (Fsp3) is 0.455. The van der Waals surface area contributed by atoms with Gasteiger partial charge in [0.1, 0.15) is 0 Å². The standard InChI is InChI=1S/C11H15Cl2N/c1-14-8-3-2-5-9-6-4-7-10(12)11(9)13/h4,6-7,14H,2-3,5,8H2,1H3. The average Bonchev–Trinajstić information content (AvgIpc) is 2.19. The summed E-state index contributed by atoms with van der Waals surface area (Å²) >= 11 is 12.0. The molecular weight excluding hydrogens is 217 g/mol. The Balaban J connectivity index is 2.46. The first-order chi connectivity index (χ1) is 6.75. The summed E-state index contributed by atoms with van der Waals surface area (Å²) in [6, 6.07) is 5.80. The van der Waals surface area contributed by atoms with Crippen LogP contribution in [0.2, 0.25) is 10.0 Å². The van der Waals surface area contributed by atoms with Crippen molar-refractivity contribution in [3.63, 3.8) is 0 Å². The number of nitrogens with one attached hydrogen (secondary N) is 1. The van der Waals surface area contributed by atoms with Gasteiger partial charge in [0.2, 0.25) is 0 Å². The van der Waals surface area contributed by atoms with Gasteiger partial charge in [-0.1, -0.05) is 35.3 Å². The Morgan fingerprint density at radius 2 is 2.00 bits per heavy atom. The minimum Gasteiger partial charge on any atom is -0.320 e. The van der Waals surface area contributed by atoms with Crippen LogP contribution in [0.1, 0.15) is 18.4 Å². The number of hydrogen-bond donors (Lipinski definition) is 1. The third kappa shape index (κ3) is 3.49. The normalized spacial score (nSPS) is 10.5. The fourth-order valence-electron chi connectivity index (χ4n) is 1.36. The Kier molecular flexibility index (Phi) is 5.31. The minimum atomic E-state index is 0.651. The van der Waals surface area contributed by atoms with Gasteiger partial charge in [0.15, 0.2) is 0 Å². The molecule has 1 aromatic carbocycles. The maximum Gasteiger partial charge on any atom is 0.0624 e. The van der Waals surface area contributed by atoms with Crippen molar-refractivity contribution in [3.8, 4) is 0 Å². The first-order valence-electron chi connectivity index (χ1n) is 4.83. The lowest BCUT2D eigenvalue weighted by molar-refractivity contribution is 0.677. The molecule has 1 nitrogen and oxygen atoms in total. The van der Waals surface area contributed by atoms with Gasteiger partial charge < -0.3 is 5.32 Å². The lowest BCUT2D eigenvalue weighted by Gasteiger charge is -2.05. The predicted octanol–water partition coefficient (Wildman–Crippen LogP) is 3.54. The molecule has 1 rings (SSSR count).